The topological polar surface area (TPSA) is 66.4 Å². The molecule has 1 aromatic rings. The highest BCUT2D eigenvalue weighted by atomic mass is 19.1. The first-order chi connectivity index (χ1) is 8.56. The number of halogens is 1. The van der Waals surface area contributed by atoms with E-state index in [2.05, 4.69) is 5.32 Å². The summed E-state index contributed by atoms with van der Waals surface area (Å²) >= 11 is 0. The van der Waals surface area contributed by atoms with Crippen molar-refractivity contribution < 1.29 is 19.1 Å². The summed E-state index contributed by atoms with van der Waals surface area (Å²) in [5, 5.41) is 11.0. The first-order valence-corrected chi connectivity index (χ1v) is 5.57. The van der Waals surface area contributed by atoms with Gasteiger partial charge in [0, 0.05) is 12.0 Å². The van der Waals surface area contributed by atoms with Gasteiger partial charge in [0.2, 0.25) is 5.91 Å². The third-order valence-corrected chi connectivity index (χ3v) is 2.62. The molecule has 0 atom stereocenters. The van der Waals surface area contributed by atoms with E-state index in [4.69, 9.17) is 5.11 Å². The molecule has 0 aromatic heterocycles. The number of nitrogens with one attached hydrogen (secondary N) is 1. The maximum Gasteiger partial charge on any atom is 0.328 e. The number of hydrogen-bond acceptors (Lipinski definition) is 2. The number of aliphatic carboxylic acids is 1. The fourth-order valence-electron chi connectivity index (χ4n) is 1.48. The number of carbonyl (C=O) groups is 2. The lowest BCUT2D eigenvalue weighted by atomic mass is 10.2. The van der Waals surface area contributed by atoms with Crippen LogP contribution < -0.4 is 5.32 Å². The number of carbonyl (C=O) groups excluding carboxylic acids is 1. The van der Waals surface area contributed by atoms with Crippen molar-refractivity contribution in [2.75, 3.05) is 5.32 Å². The number of carboxylic acid groups (broad SMARTS) is 1. The van der Waals surface area contributed by atoms with E-state index in [0.717, 1.165) is 18.9 Å². The average molecular weight is 249 g/mol. The van der Waals surface area contributed by atoms with Crippen LogP contribution in [0.3, 0.4) is 0 Å². The fraction of sp³-hybridized carbons (Fsp3) is 0.231. The van der Waals surface area contributed by atoms with Crippen molar-refractivity contribution in [3.8, 4) is 0 Å². The quantitative estimate of drug-likeness (QED) is 0.804. The average Bonchev–Trinajstić information content (AvgIpc) is 3.13. The van der Waals surface area contributed by atoms with Gasteiger partial charge in [0.1, 0.15) is 5.82 Å². The summed E-state index contributed by atoms with van der Waals surface area (Å²) in [4.78, 5) is 21.8. The Bertz CT molecular complexity index is 521. The van der Waals surface area contributed by atoms with Gasteiger partial charge in [-0.05, 0) is 36.6 Å². The molecule has 2 rings (SSSR count). The standard InChI is InChI=1S/C13H12FNO3/c14-10-7-8(2-6-12(16)17)1-5-11(10)15-13(18)9-3-4-9/h1-2,5-7,9H,3-4H2,(H,15,18)(H,16,17)/b6-2+. The van der Waals surface area contributed by atoms with Gasteiger partial charge in [-0.1, -0.05) is 6.07 Å². The van der Waals surface area contributed by atoms with Gasteiger partial charge in [-0.15, -0.1) is 0 Å². The minimum absolute atomic E-state index is 0.0102. The smallest absolute Gasteiger partial charge is 0.328 e. The van der Waals surface area contributed by atoms with Crippen molar-refractivity contribution in [1.82, 2.24) is 0 Å². The van der Waals surface area contributed by atoms with Gasteiger partial charge in [0.05, 0.1) is 5.69 Å². The molecule has 1 amide bonds. The summed E-state index contributed by atoms with van der Waals surface area (Å²) < 4.78 is 13.6. The van der Waals surface area contributed by atoms with Crippen LogP contribution in [-0.2, 0) is 9.59 Å². The monoisotopic (exact) mass is 249 g/mol. The van der Waals surface area contributed by atoms with Crippen molar-refractivity contribution in [2.45, 2.75) is 12.8 Å². The number of hydrogen-bond donors (Lipinski definition) is 2. The molecular formula is C13H12FNO3. The lowest BCUT2D eigenvalue weighted by Crippen LogP contribution is -2.14. The third kappa shape index (κ3) is 3.16. The zero-order chi connectivity index (χ0) is 13.1. The molecule has 1 aliphatic rings. The maximum atomic E-state index is 13.6. The molecule has 1 aromatic carbocycles. The molecule has 0 heterocycles. The molecule has 5 heteroatoms. The molecule has 94 valence electrons. The second kappa shape index (κ2) is 5.00. The van der Waals surface area contributed by atoms with Crippen LogP contribution in [-0.4, -0.2) is 17.0 Å². The van der Waals surface area contributed by atoms with Gasteiger partial charge in [-0.2, -0.15) is 0 Å². The molecular weight excluding hydrogens is 237 g/mol. The Hall–Kier alpha value is -2.17. The van der Waals surface area contributed by atoms with Gasteiger partial charge in [0.25, 0.3) is 0 Å². The molecule has 0 aliphatic heterocycles. The number of amides is 1. The van der Waals surface area contributed by atoms with E-state index in [-0.39, 0.29) is 17.5 Å². The first-order valence-electron chi connectivity index (χ1n) is 5.57. The second-order valence-electron chi connectivity index (χ2n) is 4.17. The summed E-state index contributed by atoms with van der Waals surface area (Å²) in [6, 6.07) is 4.16. The van der Waals surface area contributed by atoms with E-state index in [1.54, 1.807) is 6.07 Å². The van der Waals surface area contributed by atoms with Crippen molar-refractivity contribution in [2.24, 2.45) is 5.92 Å². The van der Waals surface area contributed by atoms with Crippen LogP contribution in [0.4, 0.5) is 10.1 Å². The molecule has 18 heavy (non-hydrogen) atoms. The van der Waals surface area contributed by atoms with Gasteiger partial charge >= 0.3 is 5.97 Å². The summed E-state index contributed by atoms with van der Waals surface area (Å²) in [6.45, 7) is 0. The number of rotatable bonds is 4. The Balaban J connectivity index is 2.09. The first kappa shape index (κ1) is 12.3. The van der Waals surface area contributed by atoms with E-state index < -0.39 is 11.8 Å². The summed E-state index contributed by atoms with van der Waals surface area (Å²) in [5.41, 5.74) is 0.554. The molecule has 4 nitrogen and oxygen atoms in total. The van der Waals surface area contributed by atoms with Crippen LogP contribution in [0.2, 0.25) is 0 Å². The molecule has 0 radical (unpaired) electrons. The van der Waals surface area contributed by atoms with Gasteiger partial charge in [0.15, 0.2) is 0 Å². The van der Waals surface area contributed by atoms with Crippen molar-refractivity contribution in [3.63, 3.8) is 0 Å². The number of anilines is 1. The molecule has 0 unspecified atom stereocenters. The van der Waals surface area contributed by atoms with Crippen molar-refractivity contribution >= 4 is 23.6 Å². The van der Waals surface area contributed by atoms with Crippen molar-refractivity contribution in [1.29, 1.82) is 0 Å². The van der Waals surface area contributed by atoms with Gasteiger partial charge in [-0.3, -0.25) is 4.79 Å². The van der Waals surface area contributed by atoms with E-state index in [0.29, 0.717) is 5.56 Å². The largest absolute Gasteiger partial charge is 0.478 e. The van der Waals surface area contributed by atoms with Crippen LogP contribution >= 0.6 is 0 Å². The Labute approximate surface area is 103 Å². The summed E-state index contributed by atoms with van der Waals surface area (Å²) in [7, 11) is 0. The van der Waals surface area contributed by atoms with E-state index in [1.807, 2.05) is 0 Å². The minimum Gasteiger partial charge on any atom is -0.478 e. The molecule has 1 aliphatic carbocycles. The third-order valence-electron chi connectivity index (χ3n) is 2.62. The van der Waals surface area contributed by atoms with E-state index in [9.17, 15) is 14.0 Å². The Morgan fingerprint density at radius 3 is 2.67 bits per heavy atom. The highest BCUT2D eigenvalue weighted by Gasteiger charge is 2.29. The van der Waals surface area contributed by atoms with Crippen LogP contribution in [0.5, 0.6) is 0 Å². The highest BCUT2D eigenvalue weighted by molar-refractivity contribution is 5.94. The zero-order valence-corrected chi connectivity index (χ0v) is 9.52. The Kier molecular flexibility index (Phi) is 3.41. The molecule has 0 bridgehead atoms. The predicted molar refractivity (Wildman–Crippen MR) is 64.4 cm³/mol. The van der Waals surface area contributed by atoms with E-state index in [1.165, 1.54) is 18.2 Å². The Morgan fingerprint density at radius 1 is 1.39 bits per heavy atom. The fourth-order valence-corrected chi connectivity index (χ4v) is 1.48. The molecule has 1 fully saturated rings. The van der Waals surface area contributed by atoms with Gasteiger partial charge < -0.3 is 10.4 Å². The normalized spacial score (nSPS) is 14.7. The second-order valence-corrected chi connectivity index (χ2v) is 4.17. The minimum atomic E-state index is -1.10. The van der Waals surface area contributed by atoms with Crippen molar-refractivity contribution in [3.05, 3.63) is 35.7 Å². The lowest BCUT2D eigenvalue weighted by molar-refractivity contribution is -0.131. The van der Waals surface area contributed by atoms with Crippen LogP contribution in [0.15, 0.2) is 24.3 Å². The summed E-state index contributed by atoms with van der Waals surface area (Å²) in [5.74, 6) is -1.82. The molecule has 2 N–H and O–H groups in total. The van der Waals surface area contributed by atoms with Crippen LogP contribution in [0.25, 0.3) is 6.08 Å². The predicted octanol–water partition coefficient (Wildman–Crippen LogP) is 2.27. The van der Waals surface area contributed by atoms with Crippen LogP contribution in [0.1, 0.15) is 18.4 Å². The molecule has 1 saturated carbocycles. The summed E-state index contributed by atoms with van der Waals surface area (Å²) in [6.07, 6.45) is 3.93. The van der Waals surface area contributed by atoms with E-state index >= 15 is 0 Å². The lowest BCUT2D eigenvalue weighted by Gasteiger charge is -2.06. The van der Waals surface area contributed by atoms with Gasteiger partial charge in [-0.25, -0.2) is 9.18 Å². The molecule has 0 spiro atoms. The SMILES string of the molecule is O=C(O)/C=C/c1ccc(NC(=O)C2CC2)c(F)c1. The zero-order valence-electron chi connectivity index (χ0n) is 9.52. The highest BCUT2D eigenvalue weighted by Crippen LogP contribution is 2.30. The Morgan fingerprint density at radius 2 is 2.11 bits per heavy atom. The molecule has 0 saturated heterocycles. The van der Waals surface area contributed by atoms with Crippen LogP contribution in [0, 0.1) is 11.7 Å². The maximum absolute atomic E-state index is 13.6. The number of carboxylic acids is 1. The number of benzene rings is 1.